The van der Waals surface area contributed by atoms with Gasteiger partial charge in [0.05, 0.1) is 24.9 Å². The second-order valence-corrected chi connectivity index (χ2v) is 7.32. The predicted octanol–water partition coefficient (Wildman–Crippen LogP) is 3.97. The van der Waals surface area contributed by atoms with Gasteiger partial charge >= 0.3 is 0 Å². The smallest absolute Gasteiger partial charge is 0.0743 e. The van der Waals surface area contributed by atoms with Gasteiger partial charge in [0.15, 0.2) is 0 Å². The van der Waals surface area contributed by atoms with E-state index in [4.69, 9.17) is 4.74 Å². The number of hydrogen-bond donors (Lipinski definition) is 0. The Bertz CT molecular complexity index is 925. The maximum absolute atomic E-state index is 6.10. The van der Waals surface area contributed by atoms with Gasteiger partial charge in [-0.05, 0) is 23.3 Å². The van der Waals surface area contributed by atoms with E-state index in [2.05, 4.69) is 72.2 Å². The Hall–Kier alpha value is -2.43. The first-order valence-electron chi connectivity index (χ1n) is 9.67. The Morgan fingerprint density at radius 3 is 2.93 bits per heavy atom. The van der Waals surface area contributed by atoms with Crippen LogP contribution in [0.5, 0.6) is 0 Å². The second-order valence-electron chi connectivity index (χ2n) is 7.32. The van der Waals surface area contributed by atoms with Gasteiger partial charge in [0, 0.05) is 37.8 Å². The third-order valence-corrected chi connectivity index (χ3v) is 5.31. The minimum atomic E-state index is 0.230. The van der Waals surface area contributed by atoms with Crippen LogP contribution in [0.3, 0.4) is 0 Å². The van der Waals surface area contributed by atoms with Crippen molar-refractivity contribution in [3.63, 3.8) is 0 Å². The molecule has 4 heteroatoms. The molecule has 3 aromatic rings. The van der Waals surface area contributed by atoms with E-state index in [1.54, 1.807) is 0 Å². The van der Waals surface area contributed by atoms with E-state index < -0.39 is 0 Å². The molecule has 2 aromatic carbocycles. The van der Waals surface area contributed by atoms with E-state index in [0.717, 1.165) is 44.9 Å². The van der Waals surface area contributed by atoms with Gasteiger partial charge in [-0.25, -0.2) is 0 Å². The van der Waals surface area contributed by atoms with Crippen LogP contribution in [-0.2, 0) is 24.2 Å². The Labute approximate surface area is 161 Å². The molecule has 0 radical (unpaired) electrons. The topological polar surface area (TPSA) is 30.3 Å². The van der Waals surface area contributed by atoms with Crippen LogP contribution >= 0.6 is 0 Å². The van der Waals surface area contributed by atoms with Crippen molar-refractivity contribution in [2.75, 3.05) is 19.7 Å². The van der Waals surface area contributed by atoms with E-state index in [1.165, 1.54) is 21.9 Å². The molecule has 0 spiro atoms. The van der Waals surface area contributed by atoms with Crippen LogP contribution in [0, 0.1) is 6.92 Å². The summed E-state index contributed by atoms with van der Waals surface area (Å²) in [5.41, 5.74) is 3.77. The highest BCUT2D eigenvalue weighted by atomic mass is 16.5. The van der Waals surface area contributed by atoms with Gasteiger partial charge in [0.25, 0.3) is 0 Å². The van der Waals surface area contributed by atoms with Crippen molar-refractivity contribution in [3.05, 3.63) is 78.1 Å². The summed E-state index contributed by atoms with van der Waals surface area (Å²) in [6.45, 7) is 10.3. The number of ether oxygens (including phenoxy) is 1. The number of hydrogen-bond acceptors (Lipinski definition) is 3. The Morgan fingerprint density at radius 2 is 2.04 bits per heavy atom. The average Bonchev–Trinajstić information content (AvgIpc) is 3.02. The van der Waals surface area contributed by atoms with Crippen LogP contribution in [0.2, 0.25) is 0 Å². The minimum Gasteiger partial charge on any atom is -0.375 e. The third-order valence-electron chi connectivity index (χ3n) is 5.31. The van der Waals surface area contributed by atoms with E-state index in [0.29, 0.717) is 0 Å². The van der Waals surface area contributed by atoms with Crippen LogP contribution < -0.4 is 0 Å². The molecule has 1 aliphatic rings. The van der Waals surface area contributed by atoms with Crippen molar-refractivity contribution in [1.82, 2.24) is 14.7 Å². The van der Waals surface area contributed by atoms with Crippen molar-refractivity contribution >= 4 is 10.8 Å². The van der Waals surface area contributed by atoms with Gasteiger partial charge in [0.2, 0.25) is 0 Å². The molecule has 140 valence electrons. The Morgan fingerprint density at radius 1 is 1.19 bits per heavy atom. The molecule has 4 nitrogen and oxygen atoms in total. The van der Waals surface area contributed by atoms with Crippen LogP contribution in [0.4, 0.5) is 0 Å². The molecule has 1 atom stereocenters. The summed E-state index contributed by atoms with van der Waals surface area (Å²) in [6.07, 6.45) is 5.21. The van der Waals surface area contributed by atoms with Gasteiger partial charge in [-0.15, -0.1) is 6.58 Å². The highest BCUT2D eigenvalue weighted by molar-refractivity contribution is 5.85. The molecular formula is C23H27N3O. The number of rotatable bonds is 6. The molecule has 0 bridgehead atoms. The van der Waals surface area contributed by atoms with E-state index in [9.17, 15) is 0 Å². The predicted molar refractivity (Wildman–Crippen MR) is 110 cm³/mol. The number of benzene rings is 2. The van der Waals surface area contributed by atoms with E-state index in [1.807, 2.05) is 10.8 Å². The van der Waals surface area contributed by atoms with Crippen molar-refractivity contribution in [3.8, 4) is 0 Å². The van der Waals surface area contributed by atoms with Gasteiger partial charge in [-0.3, -0.25) is 9.58 Å². The van der Waals surface area contributed by atoms with Crippen molar-refractivity contribution in [2.24, 2.45) is 0 Å². The van der Waals surface area contributed by atoms with Crippen LogP contribution in [0.15, 0.2) is 61.3 Å². The average molecular weight is 361 g/mol. The number of aromatic nitrogens is 2. The molecule has 1 aliphatic heterocycles. The lowest BCUT2D eigenvalue weighted by Crippen LogP contribution is -2.42. The lowest BCUT2D eigenvalue weighted by Gasteiger charge is -2.33. The number of nitrogens with zero attached hydrogens (tertiary/aromatic N) is 3. The number of morpholine rings is 1. The van der Waals surface area contributed by atoms with Gasteiger partial charge in [-0.1, -0.05) is 48.5 Å². The highest BCUT2D eigenvalue weighted by Gasteiger charge is 2.22. The summed E-state index contributed by atoms with van der Waals surface area (Å²) in [5.74, 6) is 0. The SMILES string of the molecule is C=CCn1cc(CN2CCO[C@H](Cc3cccc4ccccc34)C2)c(C)n1. The Kier molecular flexibility index (Phi) is 5.37. The summed E-state index contributed by atoms with van der Waals surface area (Å²) in [7, 11) is 0. The fourth-order valence-electron chi connectivity index (χ4n) is 3.94. The highest BCUT2D eigenvalue weighted by Crippen LogP contribution is 2.22. The zero-order valence-corrected chi connectivity index (χ0v) is 16.0. The molecule has 0 unspecified atom stereocenters. The normalized spacial score (nSPS) is 18.0. The molecule has 0 aliphatic carbocycles. The molecule has 0 amide bonds. The monoisotopic (exact) mass is 361 g/mol. The number of aryl methyl sites for hydroxylation is 1. The van der Waals surface area contributed by atoms with Crippen LogP contribution in [-0.4, -0.2) is 40.5 Å². The Balaban J connectivity index is 1.44. The maximum atomic E-state index is 6.10. The van der Waals surface area contributed by atoms with E-state index >= 15 is 0 Å². The molecule has 2 heterocycles. The van der Waals surface area contributed by atoms with Crippen molar-refractivity contribution in [2.45, 2.75) is 32.5 Å². The fraction of sp³-hybridized carbons (Fsp3) is 0.348. The largest absolute Gasteiger partial charge is 0.375 e. The van der Waals surface area contributed by atoms with E-state index in [-0.39, 0.29) is 6.10 Å². The number of fused-ring (bicyclic) bond motifs is 1. The van der Waals surface area contributed by atoms with Gasteiger partial charge in [-0.2, -0.15) is 5.10 Å². The third kappa shape index (κ3) is 4.12. The first-order chi connectivity index (χ1) is 13.2. The molecule has 0 saturated carbocycles. The maximum Gasteiger partial charge on any atom is 0.0743 e. The lowest BCUT2D eigenvalue weighted by atomic mass is 9.99. The first kappa shape index (κ1) is 18.0. The summed E-state index contributed by atoms with van der Waals surface area (Å²) < 4.78 is 8.06. The number of allylic oxidation sites excluding steroid dienone is 1. The summed E-state index contributed by atoms with van der Waals surface area (Å²) in [6, 6.07) is 15.2. The molecule has 1 saturated heterocycles. The molecule has 27 heavy (non-hydrogen) atoms. The van der Waals surface area contributed by atoms with Crippen LogP contribution in [0.1, 0.15) is 16.8 Å². The van der Waals surface area contributed by atoms with Crippen molar-refractivity contribution in [1.29, 1.82) is 0 Å². The molecule has 4 rings (SSSR count). The summed E-state index contributed by atoms with van der Waals surface area (Å²) in [4.78, 5) is 2.49. The summed E-state index contributed by atoms with van der Waals surface area (Å²) >= 11 is 0. The zero-order chi connectivity index (χ0) is 18.6. The van der Waals surface area contributed by atoms with Gasteiger partial charge in [0.1, 0.15) is 0 Å². The van der Waals surface area contributed by atoms with Gasteiger partial charge < -0.3 is 4.74 Å². The fourth-order valence-corrected chi connectivity index (χ4v) is 3.94. The summed E-state index contributed by atoms with van der Waals surface area (Å²) in [5, 5.41) is 7.21. The molecular weight excluding hydrogens is 334 g/mol. The lowest BCUT2D eigenvalue weighted by molar-refractivity contribution is -0.0304. The molecule has 1 fully saturated rings. The molecule has 1 aromatic heterocycles. The second kappa shape index (κ2) is 8.07. The quantitative estimate of drug-likeness (QED) is 0.622. The minimum absolute atomic E-state index is 0.230. The standard InChI is InChI=1S/C23H27N3O/c1-3-11-26-16-21(18(2)24-26)15-25-12-13-27-22(17-25)14-20-9-6-8-19-7-4-5-10-23(19)20/h3-10,16,22H,1,11-15,17H2,2H3/t22-/m1/s1. The van der Waals surface area contributed by atoms with Crippen molar-refractivity contribution < 1.29 is 4.74 Å². The van der Waals surface area contributed by atoms with Crippen LogP contribution in [0.25, 0.3) is 10.8 Å². The zero-order valence-electron chi connectivity index (χ0n) is 16.0. The first-order valence-corrected chi connectivity index (χ1v) is 9.67. The molecule has 0 N–H and O–H groups in total.